The number of H-pyrrole nitrogens is 1. The fraction of sp³-hybridized carbons (Fsp3) is 0.750. The third kappa shape index (κ3) is 3.78. The van der Waals surface area contributed by atoms with Crippen LogP contribution in [0, 0.1) is 0 Å². The van der Waals surface area contributed by atoms with Crippen LogP contribution in [0.5, 0.6) is 0 Å². The van der Waals surface area contributed by atoms with E-state index in [9.17, 15) is 0 Å². The minimum absolute atomic E-state index is 0.909. The molecule has 0 amide bonds. The van der Waals surface area contributed by atoms with Gasteiger partial charge >= 0.3 is 0 Å². The summed E-state index contributed by atoms with van der Waals surface area (Å²) in [5, 5.41) is 7.53. The molecule has 0 radical (unpaired) electrons. The van der Waals surface area contributed by atoms with E-state index in [0.29, 0.717) is 0 Å². The lowest BCUT2D eigenvalue weighted by Gasteiger charge is -2.16. The highest BCUT2D eigenvalue weighted by Gasteiger charge is 2.00. The fourth-order valence-electron chi connectivity index (χ4n) is 1.08. The summed E-state index contributed by atoms with van der Waals surface area (Å²) >= 11 is 1.72. The zero-order valence-corrected chi connectivity index (χ0v) is 8.97. The van der Waals surface area contributed by atoms with Crippen molar-refractivity contribution in [1.82, 2.24) is 20.1 Å². The Bertz CT molecular complexity index is 208. The van der Waals surface area contributed by atoms with Gasteiger partial charge in [0.05, 0.1) is 0 Å². The summed E-state index contributed by atoms with van der Waals surface area (Å²) in [6.45, 7) is 7.71. The van der Waals surface area contributed by atoms with E-state index >= 15 is 0 Å². The molecule has 0 fully saturated rings. The van der Waals surface area contributed by atoms with Crippen LogP contribution in [-0.2, 0) is 0 Å². The maximum atomic E-state index is 4.04. The number of rotatable bonds is 6. The number of hydrogen-bond donors (Lipinski definition) is 1. The van der Waals surface area contributed by atoms with Gasteiger partial charge in [0.25, 0.3) is 0 Å². The molecule has 4 nitrogen and oxygen atoms in total. The maximum absolute atomic E-state index is 4.04. The Morgan fingerprint density at radius 1 is 1.46 bits per heavy atom. The zero-order valence-electron chi connectivity index (χ0n) is 8.16. The SMILES string of the molecule is CCN(CC)CCSc1ncn[nH]1. The molecular weight excluding hydrogens is 184 g/mol. The summed E-state index contributed by atoms with van der Waals surface area (Å²) in [7, 11) is 0. The highest BCUT2D eigenvalue weighted by Crippen LogP contribution is 2.10. The predicted molar refractivity (Wildman–Crippen MR) is 54.9 cm³/mol. The van der Waals surface area contributed by atoms with Crippen molar-refractivity contribution in [3.63, 3.8) is 0 Å². The van der Waals surface area contributed by atoms with Crippen LogP contribution in [0.1, 0.15) is 13.8 Å². The van der Waals surface area contributed by atoms with E-state index in [-0.39, 0.29) is 0 Å². The van der Waals surface area contributed by atoms with Crippen molar-refractivity contribution in [3.05, 3.63) is 6.33 Å². The van der Waals surface area contributed by atoms with E-state index in [0.717, 1.165) is 30.5 Å². The molecule has 0 aromatic carbocycles. The summed E-state index contributed by atoms with van der Waals surface area (Å²) in [4.78, 5) is 6.43. The van der Waals surface area contributed by atoms with Gasteiger partial charge in [0.1, 0.15) is 6.33 Å². The van der Waals surface area contributed by atoms with Crippen LogP contribution >= 0.6 is 11.8 Å². The van der Waals surface area contributed by atoms with Gasteiger partial charge < -0.3 is 4.90 Å². The molecule has 0 saturated heterocycles. The van der Waals surface area contributed by atoms with Crippen LogP contribution in [-0.4, -0.2) is 45.5 Å². The van der Waals surface area contributed by atoms with Crippen molar-refractivity contribution in [3.8, 4) is 0 Å². The number of nitrogens with one attached hydrogen (secondary N) is 1. The van der Waals surface area contributed by atoms with Crippen LogP contribution in [0.3, 0.4) is 0 Å². The highest BCUT2D eigenvalue weighted by atomic mass is 32.2. The lowest BCUT2D eigenvalue weighted by atomic mass is 10.5. The number of aromatic amines is 1. The van der Waals surface area contributed by atoms with Gasteiger partial charge in [-0.3, -0.25) is 5.10 Å². The van der Waals surface area contributed by atoms with Crippen molar-refractivity contribution in [1.29, 1.82) is 0 Å². The van der Waals surface area contributed by atoms with Gasteiger partial charge in [-0.1, -0.05) is 25.6 Å². The Morgan fingerprint density at radius 2 is 2.23 bits per heavy atom. The topological polar surface area (TPSA) is 44.8 Å². The van der Waals surface area contributed by atoms with Gasteiger partial charge in [0.15, 0.2) is 5.16 Å². The zero-order chi connectivity index (χ0) is 9.52. The normalized spacial score (nSPS) is 11.0. The van der Waals surface area contributed by atoms with Crippen LogP contribution in [0.2, 0.25) is 0 Å². The van der Waals surface area contributed by atoms with E-state index in [1.165, 1.54) is 0 Å². The van der Waals surface area contributed by atoms with Crippen molar-refractivity contribution in [2.24, 2.45) is 0 Å². The second-order valence-electron chi connectivity index (χ2n) is 2.67. The Kier molecular flexibility index (Phi) is 4.85. The first kappa shape index (κ1) is 10.5. The minimum Gasteiger partial charge on any atom is -0.303 e. The van der Waals surface area contributed by atoms with Crippen molar-refractivity contribution >= 4 is 11.8 Å². The van der Waals surface area contributed by atoms with Crippen molar-refractivity contribution < 1.29 is 0 Å². The van der Waals surface area contributed by atoms with Crippen LogP contribution in [0.25, 0.3) is 0 Å². The van der Waals surface area contributed by atoms with Crippen molar-refractivity contribution in [2.45, 2.75) is 19.0 Å². The average molecular weight is 200 g/mol. The molecule has 13 heavy (non-hydrogen) atoms. The van der Waals surface area contributed by atoms with Crippen LogP contribution in [0.15, 0.2) is 11.5 Å². The number of aromatic nitrogens is 3. The van der Waals surface area contributed by atoms with Crippen LogP contribution < -0.4 is 0 Å². The van der Waals surface area contributed by atoms with E-state index in [1.54, 1.807) is 18.1 Å². The van der Waals surface area contributed by atoms with E-state index in [1.807, 2.05) is 0 Å². The average Bonchev–Trinajstić information content (AvgIpc) is 2.65. The molecule has 5 heteroatoms. The molecule has 0 spiro atoms. The fourth-order valence-corrected chi connectivity index (χ4v) is 1.86. The van der Waals surface area contributed by atoms with Crippen LogP contribution in [0.4, 0.5) is 0 Å². The standard InChI is InChI=1S/C8H16N4S/c1-3-12(4-2)5-6-13-8-9-7-10-11-8/h7H,3-6H2,1-2H3,(H,9,10,11). The Balaban J connectivity index is 2.13. The van der Waals surface area contributed by atoms with Gasteiger partial charge in [-0.2, -0.15) is 5.10 Å². The quantitative estimate of drug-likeness (QED) is 0.702. The molecule has 0 bridgehead atoms. The van der Waals surface area contributed by atoms with E-state index < -0.39 is 0 Å². The van der Waals surface area contributed by atoms with Gasteiger partial charge in [-0.15, -0.1) is 0 Å². The van der Waals surface area contributed by atoms with Crippen molar-refractivity contribution in [2.75, 3.05) is 25.4 Å². The largest absolute Gasteiger partial charge is 0.303 e. The van der Waals surface area contributed by atoms with E-state index in [2.05, 4.69) is 33.9 Å². The summed E-state index contributed by atoms with van der Waals surface area (Å²) in [5.41, 5.74) is 0. The molecule has 0 aliphatic rings. The molecule has 0 aliphatic carbocycles. The summed E-state index contributed by atoms with van der Waals surface area (Å²) in [6, 6.07) is 0. The Hall–Kier alpha value is -0.550. The minimum atomic E-state index is 0.909. The Labute approximate surface area is 83.1 Å². The summed E-state index contributed by atoms with van der Waals surface area (Å²) < 4.78 is 0. The molecule has 1 aromatic heterocycles. The van der Waals surface area contributed by atoms with Gasteiger partial charge in [-0.25, -0.2) is 4.98 Å². The van der Waals surface area contributed by atoms with E-state index in [4.69, 9.17) is 0 Å². The predicted octanol–water partition coefficient (Wildman–Crippen LogP) is 1.24. The molecule has 0 atom stereocenters. The maximum Gasteiger partial charge on any atom is 0.183 e. The number of hydrogen-bond acceptors (Lipinski definition) is 4. The molecule has 74 valence electrons. The monoisotopic (exact) mass is 200 g/mol. The summed E-state index contributed by atoms with van der Waals surface area (Å²) in [6.07, 6.45) is 1.54. The first-order chi connectivity index (χ1) is 6.36. The van der Waals surface area contributed by atoms with Gasteiger partial charge in [-0.05, 0) is 13.1 Å². The molecule has 1 rings (SSSR count). The highest BCUT2D eigenvalue weighted by molar-refractivity contribution is 7.99. The number of nitrogens with zero attached hydrogens (tertiary/aromatic N) is 3. The molecule has 1 heterocycles. The Morgan fingerprint density at radius 3 is 2.77 bits per heavy atom. The van der Waals surface area contributed by atoms with Gasteiger partial charge in [0.2, 0.25) is 0 Å². The first-order valence-electron chi connectivity index (χ1n) is 4.57. The lowest BCUT2D eigenvalue weighted by Crippen LogP contribution is -2.25. The third-order valence-corrected chi connectivity index (χ3v) is 2.79. The smallest absolute Gasteiger partial charge is 0.183 e. The first-order valence-corrected chi connectivity index (χ1v) is 5.55. The number of thioether (sulfide) groups is 1. The molecule has 0 aliphatic heterocycles. The lowest BCUT2D eigenvalue weighted by molar-refractivity contribution is 0.324. The second kappa shape index (κ2) is 5.99. The van der Waals surface area contributed by atoms with Gasteiger partial charge in [0, 0.05) is 12.3 Å². The molecule has 0 unspecified atom stereocenters. The molecular formula is C8H16N4S. The molecule has 1 N–H and O–H groups in total. The summed E-state index contributed by atoms with van der Waals surface area (Å²) in [5.74, 6) is 1.07. The molecule has 1 aromatic rings. The third-order valence-electron chi connectivity index (χ3n) is 1.93. The molecule has 0 saturated carbocycles. The second-order valence-corrected chi connectivity index (χ2v) is 3.75.